The van der Waals surface area contributed by atoms with Crippen LogP contribution in [0.4, 0.5) is 0 Å². The highest BCUT2D eigenvalue weighted by Gasteiger charge is 2.10. The number of hydrogen-bond donors (Lipinski definition) is 1. The normalized spacial score (nSPS) is 9.90. The van der Waals surface area contributed by atoms with E-state index < -0.39 is 0 Å². The van der Waals surface area contributed by atoms with Gasteiger partial charge in [-0.15, -0.1) is 0 Å². The number of rotatable bonds is 5. The van der Waals surface area contributed by atoms with Crippen LogP contribution in [0.1, 0.15) is 15.9 Å². The van der Waals surface area contributed by atoms with E-state index in [4.69, 9.17) is 9.47 Å². The first-order valence-electron chi connectivity index (χ1n) is 6.14. The van der Waals surface area contributed by atoms with Crippen LogP contribution in [0.5, 0.6) is 11.6 Å². The van der Waals surface area contributed by atoms with Crippen molar-refractivity contribution in [2.75, 3.05) is 14.2 Å². The molecule has 5 nitrogen and oxygen atoms in total. The van der Waals surface area contributed by atoms with Gasteiger partial charge in [-0.05, 0) is 17.7 Å². The summed E-state index contributed by atoms with van der Waals surface area (Å²) in [6.45, 7) is 0.397. The van der Waals surface area contributed by atoms with Crippen molar-refractivity contribution in [3.05, 3.63) is 53.7 Å². The molecule has 0 bridgehead atoms. The van der Waals surface area contributed by atoms with Crippen molar-refractivity contribution in [2.45, 2.75) is 6.54 Å². The number of hydrogen-bond acceptors (Lipinski definition) is 4. The van der Waals surface area contributed by atoms with Gasteiger partial charge in [0.2, 0.25) is 5.88 Å². The van der Waals surface area contributed by atoms with Crippen molar-refractivity contribution in [2.24, 2.45) is 0 Å². The highest BCUT2D eigenvalue weighted by atomic mass is 16.5. The number of carbonyl (C=O) groups is 1. The van der Waals surface area contributed by atoms with E-state index in [1.807, 2.05) is 12.1 Å². The molecule has 1 heterocycles. The second-order valence-electron chi connectivity index (χ2n) is 4.09. The molecule has 0 spiro atoms. The molecule has 0 saturated carbocycles. The third-order valence-electron chi connectivity index (χ3n) is 2.81. The maximum atomic E-state index is 12.1. The standard InChI is InChI=1S/C15H16N2O3/c1-19-13-6-4-3-5-12(13)15(18)17-10-11-7-8-14(20-2)16-9-11/h3-9H,10H2,1-2H3,(H,17,18). The molecule has 2 rings (SSSR count). The number of nitrogens with one attached hydrogen (secondary N) is 1. The number of pyridine rings is 1. The number of methoxy groups -OCH3 is 2. The number of amides is 1. The number of carbonyl (C=O) groups excluding carboxylic acids is 1. The highest BCUT2D eigenvalue weighted by Crippen LogP contribution is 2.17. The molecule has 1 N–H and O–H groups in total. The third kappa shape index (κ3) is 3.26. The molecule has 0 aliphatic carbocycles. The van der Waals surface area contributed by atoms with Crippen molar-refractivity contribution in [3.8, 4) is 11.6 Å². The molecule has 0 radical (unpaired) electrons. The minimum Gasteiger partial charge on any atom is -0.496 e. The van der Waals surface area contributed by atoms with E-state index in [9.17, 15) is 4.79 Å². The van der Waals surface area contributed by atoms with Gasteiger partial charge in [0.1, 0.15) is 5.75 Å². The fourth-order valence-electron chi connectivity index (χ4n) is 1.75. The van der Waals surface area contributed by atoms with Crippen molar-refractivity contribution in [1.82, 2.24) is 10.3 Å². The van der Waals surface area contributed by atoms with Crippen molar-refractivity contribution >= 4 is 5.91 Å². The van der Waals surface area contributed by atoms with Gasteiger partial charge >= 0.3 is 0 Å². The van der Waals surface area contributed by atoms with Crippen LogP contribution < -0.4 is 14.8 Å². The molecular weight excluding hydrogens is 256 g/mol. The summed E-state index contributed by atoms with van der Waals surface area (Å²) in [5.41, 5.74) is 1.41. The Morgan fingerprint density at radius 3 is 2.60 bits per heavy atom. The van der Waals surface area contributed by atoms with Crippen LogP contribution in [-0.4, -0.2) is 25.1 Å². The number of benzene rings is 1. The van der Waals surface area contributed by atoms with Crippen molar-refractivity contribution in [3.63, 3.8) is 0 Å². The number of para-hydroxylation sites is 1. The lowest BCUT2D eigenvalue weighted by atomic mass is 10.2. The maximum absolute atomic E-state index is 12.1. The predicted octanol–water partition coefficient (Wildman–Crippen LogP) is 2.03. The van der Waals surface area contributed by atoms with Gasteiger partial charge in [-0.25, -0.2) is 4.98 Å². The first-order valence-corrected chi connectivity index (χ1v) is 6.14. The van der Waals surface area contributed by atoms with Crippen LogP contribution >= 0.6 is 0 Å². The third-order valence-corrected chi connectivity index (χ3v) is 2.81. The van der Waals surface area contributed by atoms with E-state index in [0.717, 1.165) is 5.56 Å². The van der Waals surface area contributed by atoms with Gasteiger partial charge in [-0.2, -0.15) is 0 Å². The summed E-state index contributed by atoms with van der Waals surface area (Å²) in [5.74, 6) is 0.918. The molecule has 1 amide bonds. The second-order valence-corrected chi connectivity index (χ2v) is 4.09. The van der Waals surface area contributed by atoms with Crippen molar-refractivity contribution < 1.29 is 14.3 Å². The molecular formula is C15H16N2O3. The molecule has 20 heavy (non-hydrogen) atoms. The van der Waals surface area contributed by atoms with Gasteiger partial charge in [0, 0.05) is 18.8 Å². The highest BCUT2D eigenvalue weighted by molar-refractivity contribution is 5.96. The fraction of sp³-hybridized carbons (Fsp3) is 0.200. The van der Waals surface area contributed by atoms with Crippen LogP contribution in [0.15, 0.2) is 42.6 Å². The molecule has 0 aliphatic heterocycles. The van der Waals surface area contributed by atoms with Crippen LogP contribution in [0.3, 0.4) is 0 Å². The monoisotopic (exact) mass is 272 g/mol. The number of aromatic nitrogens is 1. The zero-order valence-corrected chi connectivity index (χ0v) is 11.4. The lowest BCUT2D eigenvalue weighted by Crippen LogP contribution is -2.23. The van der Waals surface area contributed by atoms with E-state index in [2.05, 4.69) is 10.3 Å². The van der Waals surface area contributed by atoms with Gasteiger partial charge in [0.15, 0.2) is 0 Å². The summed E-state index contributed by atoms with van der Waals surface area (Å²) in [5, 5.41) is 2.83. The summed E-state index contributed by atoms with van der Waals surface area (Å²) in [6, 6.07) is 10.7. The molecule has 1 aromatic heterocycles. The summed E-state index contributed by atoms with van der Waals surface area (Å²) < 4.78 is 10.1. The molecule has 0 aliphatic rings. The number of nitrogens with zero attached hydrogens (tertiary/aromatic N) is 1. The van der Waals surface area contributed by atoms with Gasteiger partial charge < -0.3 is 14.8 Å². The lowest BCUT2D eigenvalue weighted by Gasteiger charge is -2.09. The van der Waals surface area contributed by atoms with E-state index in [-0.39, 0.29) is 5.91 Å². The van der Waals surface area contributed by atoms with Gasteiger partial charge in [-0.3, -0.25) is 4.79 Å². The molecule has 0 unspecified atom stereocenters. The first-order chi connectivity index (χ1) is 9.74. The van der Waals surface area contributed by atoms with Crippen molar-refractivity contribution in [1.29, 1.82) is 0 Å². The van der Waals surface area contributed by atoms with E-state index in [1.54, 1.807) is 44.7 Å². The Morgan fingerprint density at radius 2 is 1.95 bits per heavy atom. The predicted molar refractivity (Wildman–Crippen MR) is 75.0 cm³/mol. The second kappa shape index (κ2) is 6.56. The Balaban J connectivity index is 2.01. The summed E-state index contributed by atoms with van der Waals surface area (Å²) in [6.07, 6.45) is 1.67. The van der Waals surface area contributed by atoms with E-state index in [1.165, 1.54) is 0 Å². The topological polar surface area (TPSA) is 60.5 Å². The van der Waals surface area contributed by atoms with E-state index >= 15 is 0 Å². The quantitative estimate of drug-likeness (QED) is 0.904. The van der Waals surface area contributed by atoms with Gasteiger partial charge in [0.05, 0.1) is 19.8 Å². The molecule has 5 heteroatoms. The average molecular weight is 272 g/mol. The molecule has 0 fully saturated rings. The Labute approximate surface area is 117 Å². The Bertz CT molecular complexity index is 582. The Morgan fingerprint density at radius 1 is 1.15 bits per heavy atom. The van der Waals surface area contributed by atoms with Gasteiger partial charge in [-0.1, -0.05) is 18.2 Å². The Kier molecular flexibility index (Phi) is 4.55. The molecule has 2 aromatic rings. The fourth-order valence-corrected chi connectivity index (χ4v) is 1.75. The molecule has 1 aromatic carbocycles. The summed E-state index contributed by atoms with van der Waals surface area (Å²) in [4.78, 5) is 16.2. The van der Waals surface area contributed by atoms with Crippen LogP contribution in [0.2, 0.25) is 0 Å². The zero-order valence-electron chi connectivity index (χ0n) is 11.4. The van der Waals surface area contributed by atoms with Gasteiger partial charge in [0.25, 0.3) is 5.91 Å². The summed E-state index contributed by atoms with van der Waals surface area (Å²) in [7, 11) is 3.10. The molecule has 104 valence electrons. The zero-order chi connectivity index (χ0) is 14.4. The molecule has 0 saturated heterocycles. The first kappa shape index (κ1) is 13.9. The summed E-state index contributed by atoms with van der Waals surface area (Å²) >= 11 is 0. The van der Waals surface area contributed by atoms with E-state index in [0.29, 0.717) is 23.7 Å². The minimum absolute atomic E-state index is 0.182. The smallest absolute Gasteiger partial charge is 0.255 e. The largest absolute Gasteiger partial charge is 0.496 e. The lowest BCUT2D eigenvalue weighted by molar-refractivity contribution is 0.0948. The molecule has 0 atom stereocenters. The van der Waals surface area contributed by atoms with Crippen LogP contribution in [-0.2, 0) is 6.54 Å². The van der Waals surface area contributed by atoms with Crippen LogP contribution in [0, 0.1) is 0 Å². The Hall–Kier alpha value is -2.56. The average Bonchev–Trinajstić information content (AvgIpc) is 2.53. The maximum Gasteiger partial charge on any atom is 0.255 e. The minimum atomic E-state index is -0.182. The SMILES string of the molecule is COc1ccc(CNC(=O)c2ccccc2OC)cn1. The number of ether oxygens (including phenoxy) is 2. The van der Waals surface area contributed by atoms with Crippen LogP contribution in [0.25, 0.3) is 0 Å².